The fraction of sp³-hybridized carbons (Fsp3) is 0.267. The molecule has 26 heavy (non-hydrogen) atoms. The highest BCUT2D eigenvalue weighted by molar-refractivity contribution is 6.30. The Balaban J connectivity index is 2.42. The van der Waals surface area contributed by atoms with Crippen LogP contribution in [0.5, 0.6) is 5.75 Å². The van der Waals surface area contributed by atoms with Gasteiger partial charge in [0.15, 0.2) is 11.4 Å². The largest absolute Gasteiger partial charge is 0.504 e. The van der Waals surface area contributed by atoms with E-state index in [0.29, 0.717) is 0 Å². The molecule has 0 aliphatic carbocycles. The molecule has 0 spiro atoms. The zero-order chi connectivity index (χ0) is 19.6. The van der Waals surface area contributed by atoms with Crippen molar-refractivity contribution in [1.29, 1.82) is 0 Å². The molecular weight excluding hydrogens is 368 g/mol. The number of nitro benzene ring substituents is 1. The predicted octanol–water partition coefficient (Wildman–Crippen LogP) is 1.82. The number of carbonyl (C=O) groups is 2. The number of hydrogen-bond donors (Lipinski definition) is 2. The molecule has 0 saturated heterocycles. The highest BCUT2D eigenvalue weighted by atomic mass is 35.5. The van der Waals surface area contributed by atoms with Crippen molar-refractivity contribution in [3.8, 4) is 11.4 Å². The number of nitrogens with zero attached hydrogens (tertiary/aromatic N) is 3. The van der Waals surface area contributed by atoms with Crippen LogP contribution in [0.2, 0.25) is 5.02 Å². The van der Waals surface area contributed by atoms with Gasteiger partial charge in [0.2, 0.25) is 0 Å². The van der Waals surface area contributed by atoms with E-state index in [0.717, 1.165) is 10.9 Å². The number of halogens is 1. The van der Waals surface area contributed by atoms with Crippen molar-refractivity contribution >= 4 is 29.2 Å². The van der Waals surface area contributed by atoms with E-state index in [9.17, 15) is 24.8 Å². The number of benzene rings is 1. The van der Waals surface area contributed by atoms with Gasteiger partial charge >= 0.3 is 5.97 Å². The number of nitrogens with one attached hydrogen (secondary N) is 1. The Morgan fingerprint density at radius 2 is 2.08 bits per heavy atom. The van der Waals surface area contributed by atoms with E-state index in [-0.39, 0.29) is 16.4 Å². The van der Waals surface area contributed by atoms with Crippen LogP contribution in [0, 0.1) is 10.1 Å². The summed E-state index contributed by atoms with van der Waals surface area (Å²) in [5, 5.41) is 27.6. The Kier molecular flexibility index (Phi) is 5.17. The summed E-state index contributed by atoms with van der Waals surface area (Å²) < 4.78 is 5.54. The summed E-state index contributed by atoms with van der Waals surface area (Å²) >= 11 is 5.86. The smallest absolute Gasteiger partial charge is 0.330 e. The predicted molar refractivity (Wildman–Crippen MR) is 90.5 cm³/mol. The van der Waals surface area contributed by atoms with Gasteiger partial charge in [-0.1, -0.05) is 11.6 Å². The number of amides is 1. The van der Waals surface area contributed by atoms with Crippen LogP contribution in [0.15, 0.2) is 24.4 Å². The van der Waals surface area contributed by atoms with Crippen LogP contribution < -0.4 is 5.32 Å². The zero-order valence-electron chi connectivity index (χ0n) is 14.0. The Hall–Kier alpha value is -3.14. The van der Waals surface area contributed by atoms with E-state index in [1.807, 2.05) is 0 Å². The normalized spacial score (nSPS) is 11.1. The van der Waals surface area contributed by atoms with Crippen molar-refractivity contribution in [1.82, 2.24) is 15.1 Å². The second kappa shape index (κ2) is 7.00. The first kappa shape index (κ1) is 19.2. The number of carbonyl (C=O) groups excluding carboxylic acids is 2. The lowest BCUT2D eigenvalue weighted by molar-refractivity contribution is -0.384. The molecule has 0 fully saturated rings. The van der Waals surface area contributed by atoms with E-state index in [1.54, 1.807) is 0 Å². The molecule has 1 aromatic heterocycles. The van der Waals surface area contributed by atoms with Crippen molar-refractivity contribution in [2.75, 3.05) is 7.11 Å². The zero-order valence-corrected chi connectivity index (χ0v) is 14.8. The van der Waals surface area contributed by atoms with Gasteiger partial charge in [0.1, 0.15) is 11.2 Å². The van der Waals surface area contributed by atoms with E-state index in [2.05, 4.69) is 15.2 Å². The maximum absolute atomic E-state index is 12.3. The van der Waals surface area contributed by atoms with E-state index < -0.39 is 33.8 Å². The fourth-order valence-corrected chi connectivity index (χ4v) is 2.30. The van der Waals surface area contributed by atoms with Gasteiger partial charge in [-0.05, 0) is 26.0 Å². The van der Waals surface area contributed by atoms with Crippen molar-refractivity contribution in [3.05, 3.63) is 45.2 Å². The van der Waals surface area contributed by atoms with Crippen molar-refractivity contribution in [3.63, 3.8) is 0 Å². The number of hydrogen-bond acceptors (Lipinski definition) is 7. The topological polar surface area (TPSA) is 137 Å². The minimum Gasteiger partial charge on any atom is -0.504 e. The quantitative estimate of drug-likeness (QED) is 0.457. The van der Waals surface area contributed by atoms with E-state index >= 15 is 0 Å². The first-order chi connectivity index (χ1) is 12.1. The maximum atomic E-state index is 12.3. The summed E-state index contributed by atoms with van der Waals surface area (Å²) in [5.74, 6) is -2.09. The highest BCUT2D eigenvalue weighted by Gasteiger charge is 2.33. The molecule has 0 aliphatic rings. The lowest BCUT2D eigenvalue weighted by Gasteiger charge is -2.22. The summed E-state index contributed by atoms with van der Waals surface area (Å²) in [4.78, 5) is 34.5. The van der Waals surface area contributed by atoms with Gasteiger partial charge in [-0.2, -0.15) is 5.10 Å². The molecule has 0 saturated carbocycles. The molecule has 0 radical (unpaired) electrons. The Bertz CT molecular complexity index is 892. The van der Waals surface area contributed by atoms with Crippen LogP contribution in [0.1, 0.15) is 24.3 Å². The summed E-state index contributed by atoms with van der Waals surface area (Å²) in [6.45, 7) is 2.82. The third-order valence-electron chi connectivity index (χ3n) is 3.41. The molecule has 0 unspecified atom stereocenters. The lowest BCUT2D eigenvalue weighted by Crippen LogP contribution is -2.50. The third kappa shape index (κ3) is 3.75. The van der Waals surface area contributed by atoms with Gasteiger partial charge in [0, 0.05) is 11.1 Å². The molecule has 0 atom stereocenters. The molecule has 0 aliphatic heterocycles. The van der Waals surface area contributed by atoms with Crippen molar-refractivity contribution in [2.24, 2.45) is 0 Å². The summed E-state index contributed by atoms with van der Waals surface area (Å²) in [6.07, 6.45) is 1.03. The number of aromatic hydroxyl groups is 1. The Morgan fingerprint density at radius 3 is 2.65 bits per heavy atom. The third-order valence-corrected chi connectivity index (χ3v) is 3.65. The van der Waals surface area contributed by atoms with Crippen LogP contribution in [0.4, 0.5) is 5.69 Å². The molecular formula is C15H15ClN4O6. The summed E-state index contributed by atoms with van der Waals surface area (Å²) in [6, 6.07) is 3.78. The number of rotatable bonds is 5. The minimum absolute atomic E-state index is 0.0379. The standard InChI is InChI=1S/C15H15ClN4O6/c1-15(2,14(23)26-3)17-13(22)12-11(21)7-19(18-12)10-6-8(16)4-5-9(10)20(24)25/h4-7,21H,1-3H3,(H,17,22). The van der Waals surface area contributed by atoms with Crippen LogP contribution in [-0.2, 0) is 9.53 Å². The fourth-order valence-electron chi connectivity index (χ4n) is 2.13. The second-order valence-corrected chi connectivity index (χ2v) is 6.20. The van der Waals surface area contributed by atoms with Crippen molar-refractivity contribution < 1.29 is 24.4 Å². The molecule has 1 amide bonds. The molecule has 0 bridgehead atoms. The Labute approximate surface area is 152 Å². The molecule has 10 nitrogen and oxygen atoms in total. The number of ether oxygens (including phenoxy) is 1. The molecule has 2 aromatic rings. The first-order valence-corrected chi connectivity index (χ1v) is 7.58. The van der Waals surface area contributed by atoms with Gasteiger partial charge in [-0.3, -0.25) is 14.9 Å². The van der Waals surface area contributed by atoms with E-state index in [1.165, 1.54) is 39.2 Å². The minimum atomic E-state index is -1.37. The SMILES string of the molecule is COC(=O)C(C)(C)NC(=O)c1nn(-c2cc(Cl)ccc2[N+](=O)[O-])cc1O. The number of aromatic nitrogens is 2. The number of methoxy groups -OCH3 is 1. The second-order valence-electron chi connectivity index (χ2n) is 5.77. The molecule has 2 N–H and O–H groups in total. The number of esters is 1. The van der Waals surface area contributed by atoms with Crippen LogP contribution >= 0.6 is 11.6 Å². The number of nitro groups is 1. The van der Waals surface area contributed by atoms with Crippen LogP contribution in [0.3, 0.4) is 0 Å². The van der Waals surface area contributed by atoms with Crippen LogP contribution in [-0.4, -0.2) is 44.3 Å². The van der Waals surface area contributed by atoms with E-state index in [4.69, 9.17) is 11.6 Å². The van der Waals surface area contributed by atoms with Gasteiger partial charge in [-0.25, -0.2) is 9.48 Å². The molecule has 2 rings (SSSR count). The summed E-state index contributed by atoms with van der Waals surface area (Å²) in [5.41, 5.74) is -2.15. The molecule has 11 heteroatoms. The highest BCUT2D eigenvalue weighted by Crippen LogP contribution is 2.28. The van der Waals surface area contributed by atoms with Gasteiger partial charge < -0.3 is 15.2 Å². The monoisotopic (exact) mass is 382 g/mol. The summed E-state index contributed by atoms with van der Waals surface area (Å²) in [7, 11) is 1.17. The van der Waals surface area contributed by atoms with Crippen LogP contribution in [0.25, 0.3) is 5.69 Å². The van der Waals surface area contributed by atoms with Gasteiger partial charge in [0.25, 0.3) is 11.6 Å². The maximum Gasteiger partial charge on any atom is 0.330 e. The average molecular weight is 383 g/mol. The molecule has 138 valence electrons. The van der Waals surface area contributed by atoms with Crippen molar-refractivity contribution in [2.45, 2.75) is 19.4 Å². The van der Waals surface area contributed by atoms with Gasteiger partial charge in [0.05, 0.1) is 18.2 Å². The van der Waals surface area contributed by atoms with Gasteiger partial charge in [-0.15, -0.1) is 0 Å². The molecule has 1 aromatic carbocycles. The molecule has 1 heterocycles. The lowest BCUT2D eigenvalue weighted by atomic mass is 10.1. The average Bonchev–Trinajstić information content (AvgIpc) is 2.95. The first-order valence-electron chi connectivity index (χ1n) is 7.20. The Morgan fingerprint density at radius 1 is 1.42 bits per heavy atom.